The van der Waals surface area contributed by atoms with E-state index in [-0.39, 0.29) is 11.8 Å². The summed E-state index contributed by atoms with van der Waals surface area (Å²) in [6.07, 6.45) is 0.425. The summed E-state index contributed by atoms with van der Waals surface area (Å²) in [4.78, 5) is 12.1. The van der Waals surface area contributed by atoms with Gasteiger partial charge >= 0.3 is 0 Å². The van der Waals surface area contributed by atoms with Gasteiger partial charge in [-0.25, -0.2) is 0 Å². The molecule has 5 nitrogen and oxygen atoms in total. The maximum atomic E-state index is 12.1. The molecule has 0 fully saturated rings. The largest absolute Gasteiger partial charge is 0.399 e. The van der Waals surface area contributed by atoms with E-state index in [1.165, 1.54) is 0 Å². The molecule has 20 heavy (non-hydrogen) atoms. The second kappa shape index (κ2) is 5.77. The van der Waals surface area contributed by atoms with E-state index < -0.39 is 0 Å². The molecule has 0 saturated heterocycles. The fourth-order valence-electron chi connectivity index (χ4n) is 2.15. The number of benzene rings is 1. The highest BCUT2D eigenvalue weighted by atomic mass is 16.1. The molecular formula is C15H20N4O. The molecule has 0 aliphatic rings. The highest BCUT2D eigenvalue weighted by Crippen LogP contribution is 2.22. The van der Waals surface area contributed by atoms with Gasteiger partial charge in [0.2, 0.25) is 5.91 Å². The number of nitrogens with one attached hydrogen (secondary N) is 2. The van der Waals surface area contributed by atoms with Crippen LogP contribution in [-0.2, 0) is 4.79 Å². The van der Waals surface area contributed by atoms with Crippen molar-refractivity contribution in [2.24, 2.45) is 0 Å². The van der Waals surface area contributed by atoms with Crippen molar-refractivity contribution in [3.8, 4) is 0 Å². The monoisotopic (exact) mass is 272 g/mol. The standard InChI is InChI=1S/C15H20N4O/c1-9(12-4-6-13(16)7-5-12)8-14(20)17-15-10(2)18-19-11(15)3/h4-7,9H,8,16H2,1-3H3,(H,17,20)(H,18,19). The number of H-pyrrole nitrogens is 1. The molecule has 1 aromatic carbocycles. The Morgan fingerprint density at radius 2 is 2.00 bits per heavy atom. The van der Waals surface area contributed by atoms with Gasteiger partial charge in [0.1, 0.15) is 0 Å². The summed E-state index contributed by atoms with van der Waals surface area (Å²) in [6.45, 7) is 5.78. The predicted molar refractivity (Wildman–Crippen MR) is 80.6 cm³/mol. The summed E-state index contributed by atoms with van der Waals surface area (Å²) >= 11 is 0. The summed E-state index contributed by atoms with van der Waals surface area (Å²) in [7, 11) is 0. The van der Waals surface area contributed by atoms with Gasteiger partial charge in [0.15, 0.2) is 0 Å². The molecule has 0 aliphatic heterocycles. The van der Waals surface area contributed by atoms with Crippen LogP contribution in [0.1, 0.15) is 36.2 Å². The predicted octanol–water partition coefficient (Wildman–Crippen LogP) is 2.74. The number of rotatable bonds is 4. The number of nitrogens with two attached hydrogens (primary N) is 1. The Morgan fingerprint density at radius 3 is 2.55 bits per heavy atom. The van der Waals surface area contributed by atoms with Crippen LogP contribution in [0.4, 0.5) is 11.4 Å². The van der Waals surface area contributed by atoms with Crippen LogP contribution in [0.3, 0.4) is 0 Å². The van der Waals surface area contributed by atoms with Gasteiger partial charge in [0.25, 0.3) is 0 Å². The number of hydrogen-bond acceptors (Lipinski definition) is 3. The molecule has 1 heterocycles. The number of aromatic amines is 1. The normalized spacial score (nSPS) is 12.2. The van der Waals surface area contributed by atoms with Crippen molar-refractivity contribution in [3.05, 3.63) is 41.2 Å². The van der Waals surface area contributed by atoms with Crippen molar-refractivity contribution in [1.82, 2.24) is 10.2 Å². The summed E-state index contributed by atoms with van der Waals surface area (Å²) in [5.74, 6) is 0.130. The van der Waals surface area contributed by atoms with Crippen molar-refractivity contribution in [2.45, 2.75) is 33.1 Å². The van der Waals surface area contributed by atoms with E-state index in [9.17, 15) is 4.79 Å². The van der Waals surface area contributed by atoms with Gasteiger partial charge in [-0.3, -0.25) is 9.89 Å². The minimum absolute atomic E-state index is 0.0121. The van der Waals surface area contributed by atoms with Gasteiger partial charge in [-0.05, 0) is 37.5 Å². The SMILES string of the molecule is Cc1n[nH]c(C)c1NC(=O)CC(C)c1ccc(N)cc1. The Morgan fingerprint density at radius 1 is 1.35 bits per heavy atom. The molecule has 1 aromatic heterocycles. The number of amides is 1. The molecule has 1 unspecified atom stereocenters. The number of anilines is 2. The van der Waals surface area contributed by atoms with Crippen molar-refractivity contribution in [3.63, 3.8) is 0 Å². The Balaban J connectivity index is 1.99. The number of carbonyl (C=O) groups excluding carboxylic acids is 1. The topological polar surface area (TPSA) is 83.8 Å². The number of aryl methyl sites for hydroxylation is 2. The summed E-state index contributed by atoms with van der Waals surface area (Å²) in [5, 5.41) is 9.83. The van der Waals surface area contributed by atoms with Gasteiger partial charge in [0, 0.05) is 12.1 Å². The molecule has 0 aliphatic carbocycles. The average Bonchev–Trinajstić information content (AvgIpc) is 2.71. The summed E-state index contributed by atoms with van der Waals surface area (Å²) in [5.41, 5.74) is 9.95. The summed E-state index contributed by atoms with van der Waals surface area (Å²) in [6, 6.07) is 7.63. The Kier molecular flexibility index (Phi) is 4.08. The molecule has 0 bridgehead atoms. The van der Waals surface area contributed by atoms with E-state index in [4.69, 9.17) is 5.73 Å². The smallest absolute Gasteiger partial charge is 0.225 e. The number of aromatic nitrogens is 2. The third-order valence-corrected chi connectivity index (χ3v) is 3.39. The Labute approximate surface area is 118 Å². The van der Waals surface area contributed by atoms with E-state index >= 15 is 0 Å². The minimum atomic E-state index is -0.0121. The van der Waals surface area contributed by atoms with Gasteiger partial charge in [0.05, 0.1) is 17.1 Å². The van der Waals surface area contributed by atoms with Crippen molar-refractivity contribution in [2.75, 3.05) is 11.1 Å². The molecule has 1 atom stereocenters. The Bertz CT molecular complexity index is 581. The number of nitrogens with zero attached hydrogens (tertiary/aromatic N) is 1. The van der Waals surface area contributed by atoms with E-state index in [0.717, 1.165) is 28.3 Å². The van der Waals surface area contributed by atoms with Crippen LogP contribution in [0.15, 0.2) is 24.3 Å². The molecule has 1 amide bonds. The molecule has 2 aromatic rings. The lowest BCUT2D eigenvalue weighted by Gasteiger charge is -2.12. The van der Waals surface area contributed by atoms with Crippen LogP contribution in [0, 0.1) is 13.8 Å². The van der Waals surface area contributed by atoms with Crippen LogP contribution in [0.5, 0.6) is 0 Å². The molecule has 0 spiro atoms. The maximum Gasteiger partial charge on any atom is 0.225 e. The fraction of sp³-hybridized carbons (Fsp3) is 0.333. The third-order valence-electron chi connectivity index (χ3n) is 3.39. The van der Waals surface area contributed by atoms with Crippen LogP contribution in [0.2, 0.25) is 0 Å². The zero-order valence-electron chi connectivity index (χ0n) is 12.0. The molecule has 0 saturated carbocycles. The number of hydrogen-bond donors (Lipinski definition) is 3. The molecule has 2 rings (SSSR count). The maximum absolute atomic E-state index is 12.1. The summed E-state index contributed by atoms with van der Waals surface area (Å²) < 4.78 is 0. The van der Waals surface area contributed by atoms with Crippen molar-refractivity contribution >= 4 is 17.3 Å². The molecule has 4 N–H and O–H groups in total. The van der Waals surface area contributed by atoms with Crippen LogP contribution in [-0.4, -0.2) is 16.1 Å². The number of carbonyl (C=O) groups is 1. The van der Waals surface area contributed by atoms with E-state index in [2.05, 4.69) is 15.5 Å². The lowest BCUT2D eigenvalue weighted by molar-refractivity contribution is -0.116. The fourth-order valence-corrected chi connectivity index (χ4v) is 2.15. The quantitative estimate of drug-likeness (QED) is 0.748. The Hall–Kier alpha value is -2.30. The van der Waals surface area contributed by atoms with E-state index in [0.29, 0.717) is 6.42 Å². The first-order valence-corrected chi connectivity index (χ1v) is 6.64. The van der Waals surface area contributed by atoms with E-state index in [1.54, 1.807) is 0 Å². The van der Waals surface area contributed by atoms with Crippen molar-refractivity contribution in [1.29, 1.82) is 0 Å². The van der Waals surface area contributed by atoms with Gasteiger partial charge in [-0.2, -0.15) is 5.10 Å². The average molecular weight is 272 g/mol. The first-order valence-electron chi connectivity index (χ1n) is 6.64. The van der Waals surface area contributed by atoms with Crippen molar-refractivity contribution < 1.29 is 4.79 Å². The highest BCUT2D eigenvalue weighted by molar-refractivity contribution is 5.92. The van der Waals surface area contributed by atoms with Crippen LogP contribution < -0.4 is 11.1 Å². The zero-order chi connectivity index (χ0) is 14.7. The van der Waals surface area contributed by atoms with Gasteiger partial charge < -0.3 is 11.1 Å². The molecular weight excluding hydrogens is 252 g/mol. The number of nitrogen functional groups attached to an aromatic ring is 1. The highest BCUT2D eigenvalue weighted by Gasteiger charge is 2.14. The molecule has 5 heteroatoms. The first-order chi connectivity index (χ1) is 9.47. The van der Waals surface area contributed by atoms with Gasteiger partial charge in [-0.15, -0.1) is 0 Å². The first kappa shape index (κ1) is 14.1. The molecule has 106 valence electrons. The molecule has 0 radical (unpaired) electrons. The second-order valence-electron chi connectivity index (χ2n) is 5.13. The lowest BCUT2D eigenvalue weighted by atomic mass is 9.97. The lowest BCUT2D eigenvalue weighted by Crippen LogP contribution is -2.15. The second-order valence-corrected chi connectivity index (χ2v) is 5.13. The third kappa shape index (κ3) is 3.17. The van der Waals surface area contributed by atoms with E-state index in [1.807, 2.05) is 45.0 Å². The van der Waals surface area contributed by atoms with Gasteiger partial charge in [-0.1, -0.05) is 19.1 Å². The van der Waals surface area contributed by atoms with Crippen LogP contribution >= 0.6 is 0 Å². The zero-order valence-corrected chi connectivity index (χ0v) is 12.0. The van der Waals surface area contributed by atoms with Crippen LogP contribution in [0.25, 0.3) is 0 Å². The minimum Gasteiger partial charge on any atom is -0.399 e.